The fourth-order valence-electron chi connectivity index (χ4n) is 2.65. The van der Waals surface area contributed by atoms with E-state index in [2.05, 4.69) is 10.4 Å². The van der Waals surface area contributed by atoms with Crippen LogP contribution in [0.15, 0.2) is 60.7 Å². The van der Waals surface area contributed by atoms with Crippen LogP contribution in [-0.2, 0) is 11.0 Å². The van der Waals surface area contributed by atoms with Crippen LogP contribution in [0.5, 0.6) is 5.88 Å². The average Bonchev–Trinajstić information content (AvgIpc) is 3.12. The topological polar surface area (TPSA) is 56.1 Å². The van der Waals surface area contributed by atoms with Crippen LogP contribution in [0.3, 0.4) is 0 Å². The molecule has 5 nitrogen and oxygen atoms in total. The van der Waals surface area contributed by atoms with Crippen molar-refractivity contribution in [1.82, 2.24) is 15.1 Å². The van der Waals surface area contributed by atoms with Crippen molar-refractivity contribution in [2.75, 3.05) is 6.61 Å². The quantitative estimate of drug-likeness (QED) is 0.619. The molecule has 1 atom stereocenters. The lowest BCUT2D eigenvalue weighted by Crippen LogP contribution is -2.31. The van der Waals surface area contributed by atoms with Gasteiger partial charge in [0.1, 0.15) is 0 Å². The van der Waals surface area contributed by atoms with E-state index in [4.69, 9.17) is 16.3 Å². The van der Waals surface area contributed by atoms with Crippen molar-refractivity contribution in [1.29, 1.82) is 0 Å². The minimum absolute atomic E-state index is 0.191. The van der Waals surface area contributed by atoms with E-state index < -0.39 is 24.4 Å². The zero-order valence-corrected chi connectivity index (χ0v) is 16.0. The van der Waals surface area contributed by atoms with E-state index in [-0.39, 0.29) is 22.6 Å². The summed E-state index contributed by atoms with van der Waals surface area (Å²) < 4.78 is 45.6. The number of nitrogens with one attached hydrogen (secondary N) is 1. The standard InChI is InChI=1S/C20H17ClF3N3O2/c1-13(14-7-3-2-4-8-14)25-18(28)12-29-19-11-17(20(22,23)24)26-27(19)16-10-6-5-9-15(16)21/h2-11,13H,12H2,1H3,(H,25,28)/t13-/m0/s1. The third-order valence-electron chi connectivity index (χ3n) is 4.08. The largest absolute Gasteiger partial charge is 0.467 e. The molecular formula is C20H17ClF3N3O2. The Bertz CT molecular complexity index is 990. The molecular weight excluding hydrogens is 407 g/mol. The normalized spacial score (nSPS) is 12.4. The second-order valence-corrected chi connectivity index (χ2v) is 6.62. The average molecular weight is 424 g/mol. The molecule has 0 spiro atoms. The summed E-state index contributed by atoms with van der Waals surface area (Å²) >= 11 is 6.08. The van der Waals surface area contributed by atoms with Crippen LogP contribution in [-0.4, -0.2) is 22.3 Å². The van der Waals surface area contributed by atoms with E-state index >= 15 is 0 Å². The zero-order valence-electron chi connectivity index (χ0n) is 15.3. The number of hydrogen-bond acceptors (Lipinski definition) is 3. The number of hydrogen-bond donors (Lipinski definition) is 1. The highest BCUT2D eigenvalue weighted by molar-refractivity contribution is 6.32. The molecule has 0 fully saturated rings. The maximum Gasteiger partial charge on any atom is 0.435 e. The van der Waals surface area contributed by atoms with E-state index in [0.717, 1.165) is 16.3 Å². The number of aromatic nitrogens is 2. The van der Waals surface area contributed by atoms with Crippen molar-refractivity contribution in [3.8, 4) is 11.6 Å². The van der Waals surface area contributed by atoms with Gasteiger partial charge in [0.15, 0.2) is 12.3 Å². The van der Waals surface area contributed by atoms with Crippen LogP contribution in [0, 0.1) is 0 Å². The van der Waals surface area contributed by atoms with E-state index in [1.807, 2.05) is 30.3 Å². The lowest BCUT2D eigenvalue weighted by atomic mass is 10.1. The van der Waals surface area contributed by atoms with Crippen LogP contribution in [0.4, 0.5) is 13.2 Å². The summed E-state index contributed by atoms with van der Waals surface area (Å²) in [6, 6.07) is 16.0. The van der Waals surface area contributed by atoms with E-state index in [9.17, 15) is 18.0 Å². The number of amides is 1. The molecule has 152 valence electrons. The number of alkyl halides is 3. The molecule has 2 aromatic carbocycles. The maximum atomic E-state index is 13.1. The molecule has 0 aliphatic rings. The third-order valence-corrected chi connectivity index (χ3v) is 4.40. The number of para-hydroxylation sites is 1. The van der Waals surface area contributed by atoms with Crippen molar-refractivity contribution in [2.45, 2.75) is 19.1 Å². The van der Waals surface area contributed by atoms with Gasteiger partial charge in [0.2, 0.25) is 5.88 Å². The first-order valence-corrected chi connectivity index (χ1v) is 9.03. The van der Waals surface area contributed by atoms with Gasteiger partial charge in [-0.05, 0) is 24.6 Å². The highest BCUT2D eigenvalue weighted by atomic mass is 35.5. The molecule has 0 bridgehead atoms. The minimum Gasteiger partial charge on any atom is -0.467 e. The molecule has 29 heavy (non-hydrogen) atoms. The van der Waals surface area contributed by atoms with Gasteiger partial charge in [-0.1, -0.05) is 54.1 Å². The third kappa shape index (κ3) is 5.08. The molecule has 0 saturated heterocycles. The van der Waals surface area contributed by atoms with Crippen LogP contribution in [0.25, 0.3) is 5.69 Å². The number of ether oxygens (including phenoxy) is 1. The first kappa shape index (κ1) is 20.7. The SMILES string of the molecule is C[C@H](NC(=O)COc1cc(C(F)(F)F)nn1-c1ccccc1Cl)c1ccccc1. The molecule has 9 heteroatoms. The number of carbonyl (C=O) groups excluding carboxylic acids is 1. The van der Waals surface area contributed by atoms with Crippen LogP contribution < -0.4 is 10.1 Å². The molecule has 0 aliphatic heterocycles. The Kier molecular flexibility index (Phi) is 6.12. The molecule has 0 radical (unpaired) electrons. The fourth-order valence-corrected chi connectivity index (χ4v) is 2.86. The van der Waals surface area contributed by atoms with Gasteiger partial charge in [0, 0.05) is 6.07 Å². The first-order chi connectivity index (χ1) is 13.8. The Labute approximate surface area is 170 Å². The lowest BCUT2D eigenvalue weighted by molar-refractivity contribution is -0.141. The number of benzene rings is 2. The Morgan fingerprint density at radius 2 is 1.83 bits per heavy atom. The van der Waals surface area contributed by atoms with Gasteiger partial charge in [-0.3, -0.25) is 4.79 Å². The van der Waals surface area contributed by atoms with Crippen LogP contribution in [0.1, 0.15) is 24.2 Å². The summed E-state index contributed by atoms with van der Waals surface area (Å²) in [5.41, 5.74) is -0.0514. The summed E-state index contributed by atoms with van der Waals surface area (Å²) in [5, 5.41) is 6.47. The molecule has 0 saturated carbocycles. The van der Waals surface area contributed by atoms with Gasteiger partial charge in [0.25, 0.3) is 5.91 Å². The number of nitrogens with zero attached hydrogens (tertiary/aromatic N) is 2. The van der Waals surface area contributed by atoms with Gasteiger partial charge < -0.3 is 10.1 Å². The Balaban J connectivity index is 1.77. The van der Waals surface area contributed by atoms with Crippen LogP contribution in [0.2, 0.25) is 5.02 Å². The number of halogens is 4. The van der Waals surface area contributed by atoms with Crippen molar-refractivity contribution in [3.05, 3.63) is 76.9 Å². The smallest absolute Gasteiger partial charge is 0.435 e. The molecule has 1 heterocycles. The molecule has 1 amide bonds. The van der Waals surface area contributed by atoms with E-state index in [1.165, 1.54) is 12.1 Å². The molecule has 0 aliphatic carbocycles. The van der Waals surface area contributed by atoms with Gasteiger partial charge in [-0.2, -0.15) is 23.0 Å². The Morgan fingerprint density at radius 1 is 1.17 bits per heavy atom. The highest BCUT2D eigenvalue weighted by Crippen LogP contribution is 2.33. The summed E-state index contributed by atoms with van der Waals surface area (Å²) in [6.45, 7) is 1.31. The molecule has 3 rings (SSSR count). The summed E-state index contributed by atoms with van der Waals surface area (Å²) in [6.07, 6.45) is -4.67. The first-order valence-electron chi connectivity index (χ1n) is 8.65. The van der Waals surface area contributed by atoms with Gasteiger partial charge >= 0.3 is 6.18 Å². The Hall–Kier alpha value is -3.00. The molecule has 0 unspecified atom stereocenters. The number of rotatable bonds is 6. The van der Waals surface area contributed by atoms with Gasteiger partial charge in [-0.15, -0.1) is 0 Å². The van der Waals surface area contributed by atoms with Crippen molar-refractivity contribution in [3.63, 3.8) is 0 Å². The van der Waals surface area contributed by atoms with Crippen molar-refractivity contribution >= 4 is 17.5 Å². The monoisotopic (exact) mass is 423 g/mol. The Morgan fingerprint density at radius 3 is 2.48 bits per heavy atom. The maximum absolute atomic E-state index is 13.1. The molecule has 3 aromatic rings. The fraction of sp³-hybridized carbons (Fsp3) is 0.200. The molecule has 1 N–H and O–H groups in total. The predicted octanol–water partition coefficient (Wildman–Crippen LogP) is 4.80. The molecule has 1 aromatic heterocycles. The second kappa shape index (κ2) is 8.57. The predicted molar refractivity (Wildman–Crippen MR) is 102 cm³/mol. The van der Waals surface area contributed by atoms with Gasteiger partial charge in [-0.25, -0.2) is 0 Å². The summed E-state index contributed by atoms with van der Waals surface area (Å²) in [4.78, 5) is 12.2. The summed E-state index contributed by atoms with van der Waals surface area (Å²) in [7, 11) is 0. The summed E-state index contributed by atoms with van der Waals surface area (Å²) in [5.74, 6) is -0.727. The van der Waals surface area contributed by atoms with Crippen LogP contribution >= 0.6 is 11.6 Å². The number of carbonyl (C=O) groups is 1. The highest BCUT2D eigenvalue weighted by Gasteiger charge is 2.36. The second-order valence-electron chi connectivity index (χ2n) is 6.22. The van der Waals surface area contributed by atoms with Crippen molar-refractivity contribution in [2.24, 2.45) is 0 Å². The minimum atomic E-state index is -4.67. The zero-order chi connectivity index (χ0) is 21.0. The van der Waals surface area contributed by atoms with Crippen molar-refractivity contribution < 1.29 is 22.7 Å². The van der Waals surface area contributed by atoms with E-state index in [1.54, 1.807) is 19.1 Å². The van der Waals surface area contributed by atoms with E-state index in [0.29, 0.717) is 0 Å². The lowest BCUT2D eigenvalue weighted by Gasteiger charge is -2.15. The van der Waals surface area contributed by atoms with Gasteiger partial charge in [0.05, 0.1) is 16.8 Å².